The molecule has 0 bridgehead atoms. The molecule has 2 aliphatic rings. The normalized spacial score (nSPS) is 19.6. The largest absolute Gasteiger partial charge is 0.355 e. The van der Waals surface area contributed by atoms with Crippen LogP contribution in [0.1, 0.15) is 12.8 Å². The average Bonchev–Trinajstić information content (AvgIpc) is 3.06. The molecule has 126 valence electrons. The Morgan fingerprint density at radius 2 is 1.88 bits per heavy atom. The Hall–Kier alpha value is -2.32. The van der Waals surface area contributed by atoms with Crippen molar-refractivity contribution >= 4 is 17.5 Å². The van der Waals surface area contributed by atoms with Crippen molar-refractivity contribution < 1.29 is 13.9 Å². The number of halogens is 1. The summed E-state index contributed by atoms with van der Waals surface area (Å²) in [5, 5.41) is 10.8. The molecule has 2 aliphatic heterocycles. The van der Waals surface area contributed by atoms with E-state index >= 15 is 0 Å². The number of nitrogens with zero attached hydrogens (tertiary/aromatic N) is 4. The molecule has 1 aromatic carbocycles. The Kier molecular flexibility index (Phi) is 3.99. The minimum Gasteiger partial charge on any atom is -0.355 e. The molecule has 0 unspecified atom stereocenters. The van der Waals surface area contributed by atoms with Gasteiger partial charge in [0.05, 0.1) is 25.1 Å². The highest BCUT2D eigenvalue weighted by atomic mass is 19.1. The third-order valence-electron chi connectivity index (χ3n) is 4.33. The molecule has 1 aromatic heterocycles. The number of ether oxygens (including phenoxy) is 2. The van der Waals surface area contributed by atoms with E-state index in [0.717, 1.165) is 25.9 Å². The predicted octanol–water partition coefficient (Wildman–Crippen LogP) is 2.10. The highest BCUT2D eigenvalue weighted by Gasteiger charge is 2.40. The van der Waals surface area contributed by atoms with Crippen LogP contribution in [0.25, 0.3) is 0 Å². The Morgan fingerprint density at radius 3 is 2.62 bits per heavy atom. The second-order valence-electron chi connectivity index (χ2n) is 5.84. The first kappa shape index (κ1) is 15.2. The molecule has 3 heterocycles. The van der Waals surface area contributed by atoms with E-state index in [4.69, 9.17) is 9.47 Å². The Bertz CT molecular complexity index is 713. The number of aromatic nitrogens is 3. The van der Waals surface area contributed by atoms with Gasteiger partial charge in [0.2, 0.25) is 5.95 Å². The second kappa shape index (κ2) is 6.29. The lowest BCUT2D eigenvalue weighted by Crippen LogP contribution is -2.45. The maximum atomic E-state index is 13.7. The minimum atomic E-state index is -0.425. The number of nitrogens with one attached hydrogen (secondary N) is 1. The highest BCUT2D eigenvalue weighted by Crippen LogP contribution is 2.32. The summed E-state index contributed by atoms with van der Waals surface area (Å²) in [4.78, 5) is 6.55. The standard InChI is InChI=1S/C16H18FN5O2/c17-12-3-1-2-4-13(12)19-15-20-14(11-18-21-15)22-7-5-16(6-8-22)23-9-10-24-16/h1-4,11H,5-10H2,(H,19,20,21). The lowest BCUT2D eigenvalue weighted by atomic mass is 10.0. The molecule has 0 saturated carbocycles. The average molecular weight is 331 g/mol. The molecule has 4 rings (SSSR count). The summed E-state index contributed by atoms with van der Waals surface area (Å²) in [7, 11) is 0. The van der Waals surface area contributed by atoms with Gasteiger partial charge in [-0.15, -0.1) is 5.10 Å². The quantitative estimate of drug-likeness (QED) is 0.923. The van der Waals surface area contributed by atoms with Crippen LogP contribution in [0.5, 0.6) is 0 Å². The third kappa shape index (κ3) is 3.02. The molecule has 0 radical (unpaired) electrons. The van der Waals surface area contributed by atoms with Crippen LogP contribution in [0.2, 0.25) is 0 Å². The zero-order valence-electron chi connectivity index (χ0n) is 13.1. The first-order chi connectivity index (χ1) is 11.7. The fourth-order valence-electron chi connectivity index (χ4n) is 3.05. The fourth-order valence-corrected chi connectivity index (χ4v) is 3.05. The molecular formula is C16H18FN5O2. The fraction of sp³-hybridized carbons (Fsp3) is 0.438. The summed E-state index contributed by atoms with van der Waals surface area (Å²) in [6, 6.07) is 6.39. The van der Waals surface area contributed by atoms with Crippen LogP contribution in [0.4, 0.5) is 21.8 Å². The van der Waals surface area contributed by atoms with Crippen LogP contribution in [0.3, 0.4) is 0 Å². The molecule has 1 N–H and O–H groups in total. The van der Waals surface area contributed by atoms with E-state index in [1.165, 1.54) is 6.07 Å². The van der Waals surface area contributed by atoms with Crippen molar-refractivity contribution in [2.24, 2.45) is 0 Å². The molecule has 0 aliphatic carbocycles. The molecule has 2 aromatic rings. The first-order valence-electron chi connectivity index (χ1n) is 7.98. The Morgan fingerprint density at radius 1 is 1.12 bits per heavy atom. The maximum Gasteiger partial charge on any atom is 0.249 e. The van der Waals surface area contributed by atoms with Crippen LogP contribution < -0.4 is 10.2 Å². The van der Waals surface area contributed by atoms with Crippen molar-refractivity contribution in [3.05, 3.63) is 36.3 Å². The zero-order valence-corrected chi connectivity index (χ0v) is 13.1. The summed E-state index contributed by atoms with van der Waals surface area (Å²) in [5.41, 5.74) is 0.321. The minimum absolute atomic E-state index is 0.270. The van der Waals surface area contributed by atoms with Gasteiger partial charge in [0.25, 0.3) is 0 Å². The van der Waals surface area contributed by atoms with E-state index in [2.05, 4.69) is 25.4 Å². The van der Waals surface area contributed by atoms with Gasteiger partial charge in [-0.2, -0.15) is 10.1 Å². The monoisotopic (exact) mass is 331 g/mol. The van der Waals surface area contributed by atoms with Gasteiger partial charge >= 0.3 is 0 Å². The van der Waals surface area contributed by atoms with Gasteiger partial charge in [-0.25, -0.2) is 4.39 Å². The van der Waals surface area contributed by atoms with E-state index in [1.54, 1.807) is 24.4 Å². The Labute approximate surface area is 138 Å². The summed E-state index contributed by atoms with van der Waals surface area (Å²) >= 11 is 0. The zero-order chi connectivity index (χ0) is 16.4. The van der Waals surface area contributed by atoms with Crippen LogP contribution in [0, 0.1) is 5.82 Å². The van der Waals surface area contributed by atoms with Crippen molar-refractivity contribution in [2.75, 3.05) is 36.5 Å². The lowest BCUT2D eigenvalue weighted by Gasteiger charge is -2.37. The molecule has 24 heavy (non-hydrogen) atoms. The molecule has 8 heteroatoms. The van der Waals surface area contributed by atoms with Gasteiger partial charge in [0.15, 0.2) is 11.6 Å². The molecule has 2 fully saturated rings. The van der Waals surface area contributed by atoms with Crippen molar-refractivity contribution in [3.8, 4) is 0 Å². The summed E-state index contributed by atoms with van der Waals surface area (Å²) < 4.78 is 25.2. The van der Waals surface area contributed by atoms with E-state index in [1.807, 2.05) is 0 Å². The number of hydrogen-bond acceptors (Lipinski definition) is 7. The van der Waals surface area contributed by atoms with Crippen LogP contribution in [-0.2, 0) is 9.47 Å². The number of rotatable bonds is 3. The highest BCUT2D eigenvalue weighted by molar-refractivity contribution is 5.55. The number of benzene rings is 1. The number of hydrogen-bond donors (Lipinski definition) is 1. The lowest BCUT2D eigenvalue weighted by molar-refractivity contribution is -0.169. The summed E-state index contributed by atoms with van der Waals surface area (Å²) in [6.45, 7) is 2.84. The number of anilines is 3. The molecule has 1 spiro atoms. The molecule has 0 atom stereocenters. The van der Waals surface area contributed by atoms with Gasteiger partial charge in [-0.05, 0) is 12.1 Å². The van der Waals surface area contributed by atoms with Gasteiger partial charge in [-0.1, -0.05) is 12.1 Å². The van der Waals surface area contributed by atoms with E-state index in [-0.39, 0.29) is 11.8 Å². The topological polar surface area (TPSA) is 72.4 Å². The molecule has 7 nitrogen and oxygen atoms in total. The van der Waals surface area contributed by atoms with Gasteiger partial charge in [-0.3, -0.25) is 0 Å². The van der Waals surface area contributed by atoms with Crippen LogP contribution >= 0.6 is 0 Å². The Balaban J connectivity index is 1.46. The van der Waals surface area contributed by atoms with Crippen molar-refractivity contribution in [1.82, 2.24) is 15.2 Å². The summed E-state index contributed by atoms with van der Waals surface area (Å²) in [5.74, 6) is 0.190. The smallest absolute Gasteiger partial charge is 0.249 e. The van der Waals surface area contributed by atoms with Crippen molar-refractivity contribution in [3.63, 3.8) is 0 Å². The first-order valence-corrected chi connectivity index (χ1v) is 7.98. The van der Waals surface area contributed by atoms with Gasteiger partial charge in [0, 0.05) is 25.9 Å². The van der Waals surface area contributed by atoms with Crippen molar-refractivity contribution in [2.45, 2.75) is 18.6 Å². The summed E-state index contributed by atoms with van der Waals surface area (Å²) in [6.07, 6.45) is 3.18. The molecule has 2 saturated heterocycles. The predicted molar refractivity (Wildman–Crippen MR) is 85.6 cm³/mol. The van der Waals surface area contributed by atoms with Crippen LogP contribution in [-0.4, -0.2) is 47.3 Å². The van der Waals surface area contributed by atoms with E-state index in [0.29, 0.717) is 24.7 Å². The van der Waals surface area contributed by atoms with E-state index < -0.39 is 5.79 Å². The SMILES string of the molecule is Fc1ccccc1Nc1nncc(N2CCC3(CC2)OCCO3)n1. The molecule has 0 amide bonds. The number of para-hydroxylation sites is 1. The van der Waals surface area contributed by atoms with Crippen molar-refractivity contribution in [1.29, 1.82) is 0 Å². The number of piperidine rings is 1. The van der Waals surface area contributed by atoms with Gasteiger partial charge < -0.3 is 19.7 Å². The third-order valence-corrected chi connectivity index (χ3v) is 4.33. The van der Waals surface area contributed by atoms with Gasteiger partial charge in [0.1, 0.15) is 5.82 Å². The van der Waals surface area contributed by atoms with E-state index in [9.17, 15) is 4.39 Å². The van der Waals surface area contributed by atoms with Crippen LogP contribution in [0.15, 0.2) is 30.5 Å². The maximum absolute atomic E-state index is 13.7. The second-order valence-corrected chi connectivity index (χ2v) is 5.84. The molecular weight excluding hydrogens is 313 g/mol.